The summed E-state index contributed by atoms with van der Waals surface area (Å²) in [5.74, 6) is -2.46. The Morgan fingerprint density at radius 3 is 2.73 bits per heavy atom. The molecule has 1 rings (SSSR count). The van der Waals surface area contributed by atoms with Crippen molar-refractivity contribution in [1.82, 2.24) is 0 Å². The molecule has 0 bridgehead atoms. The van der Waals surface area contributed by atoms with Gasteiger partial charge in [-0.05, 0) is 0 Å². The fourth-order valence-corrected chi connectivity index (χ4v) is 0.749. The molecule has 0 aromatic rings. The largest absolute Gasteiger partial charge is 0.502 e. The maximum atomic E-state index is 10.4. The van der Waals surface area contributed by atoms with Crippen LogP contribution in [0.25, 0.3) is 0 Å². The third-order valence-electron chi connectivity index (χ3n) is 1.19. The zero-order chi connectivity index (χ0) is 8.43. The average molecular weight is 158 g/mol. The van der Waals surface area contributed by atoms with Crippen molar-refractivity contribution in [3.63, 3.8) is 0 Å². The summed E-state index contributed by atoms with van der Waals surface area (Å²) in [6, 6.07) is 0. The van der Waals surface area contributed by atoms with Crippen LogP contribution in [-0.4, -0.2) is 28.3 Å². The number of rotatable bonds is 2. The van der Waals surface area contributed by atoms with E-state index in [-0.39, 0.29) is 6.42 Å². The van der Waals surface area contributed by atoms with E-state index in [9.17, 15) is 9.59 Å². The monoisotopic (exact) mass is 158 g/mol. The van der Waals surface area contributed by atoms with Gasteiger partial charge in [0.25, 0.3) is 0 Å². The molecular formula is C6H6O5. The van der Waals surface area contributed by atoms with Gasteiger partial charge in [0.15, 0.2) is 0 Å². The van der Waals surface area contributed by atoms with Gasteiger partial charge in [-0.15, -0.1) is 0 Å². The van der Waals surface area contributed by atoms with E-state index in [1.165, 1.54) is 0 Å². The molecule has 5 nitrogen and oxygen atoms in total. The molecule has 1 heterocycles. The van der Waals surface area contributed by atoms with Gasteiger partial charge in [-0.25, -0.2) is 4.79 Å². The third kappa shape index (κ3) is 1.70. The molecule has 11 heavy (non-hydrogen) atoms. The van der Waals surface area contributed by atoms with Crippen molar-refractivity contribution in [2.24, 2.45) is 0 Å². The Kier molecular flexibility index (Phi) is 1.80. The van der Waals surface area contributed by atoms with Crippen molar-refractivity contribution in [3.8, 4) is 0 Å². The first-order valence-electron chi connectivity index (χ1n) is 2.93. The van der Waals surface area contributed by atoms with Gasteiger partial charge in [0.2, 0.25) is 5.76 Å². The number of aliphatic hydroxyl groups is 1. The first kappa shape index (κ1) is 7.59. The molecule has 0 saturated carbocycles. The van der Waals surface area contributed by atoms with E-state index in [0.717, 1.165) is 6.08 Å². The Bertz CT molecular complexity index is 229. The lowest BCUT2D eigenvalue weighted by molar-refractivity contribution is -0.146. The average Bonchev–Trinajstić information content (AvgIpc) is 2.10. The van der Waals surface area contributed by atoms with E-state index in [4.69, 9.17) is 10.2 Å². The summed E-state index contributed by atoms with van der Waals surface area (Å²) in [6.45, 7) is 0. The summed E-state index contributed by atoms with van der Waals surface area (Å²) in [5, 5.41) is 16.9. The van der Waals surface area contributed by atoms with E-state index in [1.54, 1.807) is 0 Å². The lowest BCUT2D eigenvalue weighted by atomic mass is 10.2. The van der Waals surface area contributed by atoms with Gasteiger partial charge in [-0.2, -0.15) is 0 Å². The Morgan fingerprint density at radius 2 is 2.36 bits per heavy atom. The number of esters is 1. The number of carboxylic acids is 1. The number of hydrogen-bond acceptors (Lipinski definition) is 4. The minimum absolute atomic E-state index is 0.310. The van der Waals surface area contributed by atoms with Crippen LogP contribution in [0.4, 0.5) is 0 Å². The highest BCUT2D eigenvalue weighted by Gasteiger charge is 2.26. The lowest BCUT2D eigenvalue weighted by Crippen LogP contribution is -2.13. The summed E-state index contributed by atoms with van der Waals surface area (Å²) < 4.78 is 4.42. The number of carboxylic acid groups (broad SMARTS) is 1. The van der Waals surface area contributed by atoms with E-state index < -0.39 is 23.8 Å². The molecule has 0 saturated heterocycles. The fourth-order valence-electron chi connectivity index (χ4n) is 0.749. The molecule has 1 atom stereocenters. The van der Waals surface area contributed by atoms with Crippen LogP contribution in [0.3, 0.4) is 0 Å². The van der Waals surface area contributed by atoms with Crippen LogP contribution in [0.15, 0.2) is 11.8 Å². The zero-order valence-electron chi connectivity index (χ0n) is 5.48. The quantitative estimate of drug-likeness (QED) is 0.545. The highest BCUT2D eigenvalue weighted by atomic mass is 16.6. The third-order valence-corrected chi connectivity index (χ3v) is 1.19. The normalized spacial score (nSPS) is 22.7. The second-order valence-electron chi connectivity index (χ2n) is 2.09. The molecule has 0 radical (unpaired) electrons. The van der Waals surface area contributed by atoms with E-state index in [1.807, 2.05) is 0 Å². The van der Waals surface area contributed by atoms with Gasteiger partial charge in [-0.1, -0.05) is 0 Å². The van der Waals surface area contributed by atoms with Crippen molar-refractivity contribution in [1.29, 1.82) is 0 Å². The minimum Gasteiger partial charge on any atom is -0.502 e. The lowest BCUT2D eigenvalue weighted by Gasteiger charge is -2.01. The predicted molar refractivity (Wildman–Crippen MR) is 32.8 cm³/mol. The summed E-state index contributed by atoms with van der Waals surface area (Å²) in [5.41, 5.74) is 0. The van der Waals surface area contributed by atoms with Crippen molar-refractivity contribution < 1.29 is 24.5 Å². The Hall–Kier alpha value is -1.52. The van der Waals surface area contributed by atoms with Crippen molar-refractivity contribution in [2.75, 3.05) is 0 Å². The molecule has 0 aliphatic carbocycles. The van der Waals surface area contributed by atoms with Crippen molar-refractivity contribution >= 4 is 11.9 Å². The maximum Gasteiger partial charge on any atom is 0.373 e. The number of carbonyl (C=O) groups is 2. The molecule has 2 N–H and O–H groups in total. The highest BCUT2D eigenvalue weighted by molar-refractivity contribution is 5.88. The first-order chi connectivity index (χ1) is 5.09. The predicted octanol–water partition coefficient (Wildman–Crippen LogP) is -0.172. The van der Waals surface area contributed by atoms with Crippen LogP contribution in [-0.2, 0) is 14.3 Å². The minimum atomic E-state index is -1.08. The SMILES string of the molecule is O=C(O)CC1C=C(O)C(=O)O1. The summed E-state index contributed by atoms with van der Waals surface area (Å²) in [4.78, 5) is 20.5. The second kappa shape index (κ2) is 2.61. The molecule has 0 aromatic carbocycles. The van der Waals surface area contributed by atoms with Crippen molar-refractivity contribution in [2.45, 2.75) is 12.5 Å². The fraction of sp³-hybridized carbons (Fsp3) is 0.333. The number of cyclic esters (lactones) is 1. The number of ether oxygens (including phenoxy) is 1. The summed E-state index contributed by atoms with van der Waals surface area (Å²) in [7, 11) is 0. The van der Waals surface area contributed by atoms with Crippen LogP contribution in [0, 0.1) is 0 Å². The smallest absolute Gasteiger partial charge is 0.373 e. The molecule has 0 fully saturated rings. The number of hydrogen-bond donors (Lipinski definition) is 2. The van der Waals surface area contributed by atoms with Crippen molar-refractivity contribution in [3.05, 3.63) is 11.8 Å². The molecule has 1 unspecified atom stereocenters. The van der Waals surface area contributed by atoms with Crippen LogP contribution < -0.4 is 0 Å². The van der Waals surface area contributed by atoms with Gasteiger partial charge in [-0.3, -0.25) is 4.79 Å². The molecule has 0 amide bonds. The van der Waals surface area contributed by atoms with Crippen LogP contribution in [0.1, 0.15) is 6.42 Å². The topological polar surface area (TPSA) is 83.8 Å². The molecule has 60 valence electrons. The Labute approximate surface area is 61.9 Å². The first-order valence-corrected chi connectivity index (χ1v) is 2.93. The Morgan fingerprint density at radius 1 is 1.73 bits per heavy atom. The molecule has 0 aromatic heterocycles. The molecule has 0 spiro atoms. The van der Waals surface area contributed by atoms with E-state index in [0.29, 0.717) is 0 Å². The highest BCUT2D eigenvalue weighted by Crippen LogP contribution is 2.13. The van der Waals surface area contributed by atoms with Crippen LogP contribution in [0.2, 0.25) is 0 Å². The summed E-state index contributed by atoms with van der Waals surface area (Å²) in [6.07, 6.45) is -0.0494. The van der Waals surface area contributed by atoms with E-state index >= 15 is 0 Å². The van der Waals surface area contributed by atoms with Gasteiger partial charge < -0.3 is 14.9 Å². The number of aliphatic hydroxyl groups excluding tert-OH is 1. The standard InChI is InChI=1S/C6H6O5/c7-4-1-3(2-5(8)9)11-6(4)10/h1,3,7H,2H2,(H,8,9). The number of aliphatic carboxylic acids is 1. The molecular weight excluding hydrogens is 152 g/mol. The van der Waals surface area contributed by atoms with Gasteiger partial charge >= 0.3 is 11.9 Å². The van der Waals surface area contributed by atoms with Crippen LogP contribution >= 0.6 is 0 Å². The zero-order valence-corrected chi connectivity index (χ0v) is 5.48. The van der Waals surface area contributed by atoms with Crippen LogP contribution in [0.5, 0.6) is 0 Å². The molecule has 1 aliphatic rings. The van der Waals surface area contributed by atoms with E-state index in [2.05, 4.69) is 4.74 Å². The Balaban J connectivity index is 2.54. The molecule has 1 aliphatic heterocycles. The maximum absolute atomic E-state index is 10.4. The second-order valence-corrected chi connectivity index (χ2v) is 2.09. The van der Waals surface area contributed by atoms with Gasteiger partial charge in [0.1, 0.15) is 6.10 Å². The number of carbonyl (C=O) groups excluding carboxylic acids is 1. The van der Waals surface area contributed by atoms with Gasteiger partial charge in [0, 0.05) is 6.08 Å². The van der Waals surface area contributed by atoms with Gasteiger partial charge in [0.05, 0.1) is 6.42 Å². The summed E-state index contributed by atoms with van der Waals surface area (Å²) >= 11 is 0. The molecule has 5 heteroatoms.